The van der Waals surface area contributed by atoms with E-state index in [4.69, 9.17) is 9.84 Å². The van der Waals surface area contributed by atoms with Gasteiger partial charge < -0.3 is 19.3 Å². The van der Waals surface area contributed by atoms with Gasteiger partial charge in [-0.05, 0) is 39.1 Å². The van der Waals surface area contributed by atoms with Gasteiger partial charge in [0.1, 0.15) is 12.4 Å². The molecule has 1 N–H and O–H groups in total. The third-order valence-corrected chi connectivity index (χ3v) is 4.15. The molecule has 1 heterocycles. The third-order valence-electron chi connectivity index (χ3n) is 4.15. The molecule has 3 rings (SSSR count). The summed E-state index contributed by atoms with van der Waals surface area (Å²) in [5, 5.41) is 9.74. The molecule has 0 amide bonds. The molecule has 0 unspecified atom stereocenters. The fourth-order valence-electron chi connectivity index (χ4n) is 2.86. The topological polar surface area (TPSA) is 71.8 Å². The molecule has 1 aromatic heterocycles. The fraction of sp³-hybridized carbons (Fsp3) is 0.444. The minimum absolute atomic E-state index is 0.141. The molecular weight excluding hydrogens is 308 g/mol. The summed E-state index contributed by atoms with van der Waals surface area (Å²) in [5.74, 6) is -0.229. The summed E-state index contributed by atoms with van der Waals surface area (Å²) in [5.41, 5.74) is 1.19. The highest BCUT2D eigenvalue weighted by atomic mass is 16.5. The molecule has 0 radical (unpaired) electrons. The van der Waals surface area contributed by atoms with Crippen LogP contribution in [0, 0.1) is 0 Å². The molecule has 24 heavy (non-hydrogen) atoms. The van der Waals surface area contributed by atoms with Crippen LogP contribution in [0.1, 0.15) is 24.6 Å². The zero-order valence-electron chi connectivity index (χ0n) is 14.0. The number of carbonyl (C=O) groups is 1. The average molecular weight is 330 g/mol. The third kappa shape index (κ3) is 3.59. The Kier molecular flexibility index (Phi) is 4.57. The minimum atomic E-state index is -0.929. The van der Waals surface area contributed by atoms with Crippen LogP contribution in [0.5, 0.6) is 5.75 Å². The van der Waals surface area contributed by atoms with Crippen LogP contribution in [-0.2, 0) is 11.2 Å². The van der Waals surface area contributed by atoms with E-state index < -0.39 is 5.97 Å². The lowest BCUT2D eigenvalue weighted by molar-refractivity contribution is -0.136. The van der Waals surface area contributed by atoms with Crippen LogP contribution in [0.3, 0.4) is 0 Å². The molecule has 0 spiro atoms. The molecule has 2 aromatic rings. The number of nitrogens with zero attached hydrogens (tertiary/aromatic N) is 2. The number of ether oxygens (including phenoxy) is 1. The Morgan fingerprint density at radius 2 is 2.08 bits per heavy atom. The van der Waals surface area contributed by atoms with E-state index in [2.05, 4.69) is 0 Å². The Bertz CT molecular complexity index is 822. The number of benzene rings is 1. The molecule has 1 fully saturated rings. The Hall–Kier alpha value is -2.34. The quantitative estimate of drug-likeness (QED) is 0.839. The largest absolute Gasteiger partial charge is 0.492 e. The van der Waals surface area contributed by atoms with Crippen molar-refractivity contribution in [1.29, 1.82) is 0 Å². The Morgan fingerprint density at radius 1 is 1.33 bits per heavy atom. The molecule has 6 nitrogen and oxygen atoms in total. The van der Waals surface area contributed by atoms with Crippen molar-refractivity contribution in [3.63, 3.8) is 0 Å². The van der Waals surface area contributed by atoms with Crippen LogP contribution >= 0.6 is 0 Å². The van der Waals surface area contributed by atoms with Crippen LogP contribution in [-0.4, -0.2) is 47.8 Å². The number of hydrogen-bond donors (Lipinski definition) is 1. The summed E-state index contributed by atoms with van der Waals surface area (Å²) < 4.78 is 7.77. The van der Waals surface area contributed by atoms with E-state index in [1.54, 1.807) is 12.1 Å². The predicted molar refractivity (Wildman–Crippen MR) is 91.9 cm³/mol. The zero-order valence-corrected chi connectivity index (χ0v) is 14.0. The molecule has 1 aromatic carbocycles. The van der Waals surface area contributed by atoms with Gasteiger partial charge in [0, 0.05) is 35.8 Å². The van der Waals surface area contributed by atoms with Gasteiger partial charge in [0.25, 0.3) is 0 Å². The lowest BCUT2D eigenvalue weighted by Crippen LogP contribution is -2.19. The molecule has 0 atom stereocenters. The maximum absolute atomic E-state index is 12.3. The van der Waals surface area contributed by atoms with E-state index in [1.807, 2.05) is 29.6 Å². The number of aromatic nitrogens is 1. The normalized spacial score (nSPS) is 14.3. The number of carboxylic acid groups (broad SMARTS) is 1. The van der Waals surface area contributed by atoms with Crippen molar-refractivity contribution in [2.24, 2.45) is 0 Å². The number of pyridine rings is 1. The molecule has 6 heteroatoms. The van der Waals surface area contributed by atoms with Crippen LogP contribution in [0.15, 0.2) is 29.1 Å². The van der Waals surface area contributed by atoms with Crippen molar-refractivity contribution >= 4 is 16.9 Å². The Labute approximate surface area is 140 Å². The first-order valence-electron chi connectivity index (χ1n) is 8.13. The Morgan fingerprint density at radius 3 is 2.71 bits per heavy atom. The summed E-state index contributed by atoms with van der Waals surface area (Å²) in [4.78, 5) is 25.5. The molecular formula is C18H22N2O4. The highest BCUT2D eigenvalue weighted by Crippen LogP contribution is 2.38. The van der Waals surface area contributed by atoms with Gasteiger partial charge in [-0.15, -0.1) is 0 Å². The van der Waals surface area contributed by atoms with E-state index in [0.717, 1.165) is 24.9 Å². The molecule has 1 aliphatic rings. The van der Waals surface area contributed by atoms with Crippen molar-refractivity contribution in [3.05, 3.63) is 40.2 Å². The standard InChI is InChI=1S/C18H22N2O4/c1-19(2)7-8-24-14-5-6-15-16(11-14)20(12-3-4-12)13(9-17(15)21)10-18(22)23/h5-6,9,11-12H,3-4,7-8,10H2,1-2H3,(H,22,23). The van der Waals surface area contributed by atoms with Crippen LogP contribution in [0.4, 0.5) is 0 Å². The summed E-state index contributed by atoms with van der Waals surface area (Å²) in [6.45, 7) is 1.35. The first-order chi connectivity index (χ1) is 11.5. The highest BCUT2D eigenvalue weighted by Gasteiger charge is 2.27. The predicted octanol–water partition coefficient (Wildman–Crippen LogP) is 1.90. The fourth-order valence-corrected chi connectivity index (χ4v) is 2.86. The number of rotatable bonds is 7. The van der Waals surface area contributed by atoms with Crippen molar-refractivity contribution in [2.45, 2.75) is 25.3 Å². The molecule has 0 aliphatic heterocycles. The Balaban J connectivity index is 2.03. The second-order valence-corrected chi connectivity index (χ2v) is 6.50. The van der Waals surface area contributed by atoms with Gasteiger partial charge in [0.15, 0.2) is 5.43 Å². The summed E-state index contributed by atoms with van der Waals surface area (Å²) in [7, 11) is 3.96. The van der Waals surface area contributed by atoms with Gasteiger partial charge in [0.2, 0.25) is 0 Å². The summed E-state index contributed by atoms with van der Waals surface area (Å²) in [6.07, 6.45) is 1.88. The lowest BCUT2D eigenvalue weighted by atomic mass is 10.1. The van der Waals surface area contributed by atoms with Crippen LogP contribution < -0.4 is 10.2 Å². The molecule has 0 bridgehead atoms. The zero-order chi connectivity index (χ0) is 17.3. The van der Waals surface area contributed by atoms with Crippen molar-refractivity contribution < 1.29 is 14.6 Å². The number of carboxylic acids is 1. The number of hydrogen-bond acceptors (Lipinski definition) is 4. The van der Waals surface area contributed by atoms with Crippen LogP contribution in [0.2, 0.25) is 0 Å². The van der Waals surface area contributed by atoms with Crippen LogP contribution in [0.25, 0.3) is 10.9 Å². The molecule has 1 saturated carbocycles. The van der Waals surface area contributed by atoms with Gasteiger partial charge in [-0.3, -0.25) is 9.59 Å². The van der Waals surface area contributed by atoms with E-state index in [0.29, 0.717) is 23.4 Å². The summed E-state index contributed by atoms with van der Waals surface area (Å²) in [6, 6.07) is 7.16. The van der Waals surface area contributed by atoms with Gasteiger partial charge in [-0.1, -0.05) is 0 Å². The van der Waals surface area contributed by atoms with Gasteiger partial charge in [-0.25, -0.2) is 0 Å². The van der Waals surface area contributed by atoms with Crippen molar-refractivity contribution in [1.82, 2.24) is 9.47 Å². The van der Waals surface area contributed by atoms with E-state index in [9.17, 15) is 9.59 Å². The smallest absolute Gasteiger partial charge is 0.309 e. The SMILES string of the molecule is CN(C)CCOc1ccc2c(=O)cc(CC(=O)O)n(C3CC3)c2c1. The van der Waals surface area contributed by atoms with Crippen molar-refractivity contribution in [3.8, 4) is 5.75 Å². The maximum Gasteiger partial charge on any atom is 0.309 e. The van der Waals surface area contributed by atoms with E-state index >= 15 is 0 Å². The van der Waals surface area contributed by atoms with Gasteiger partial charge >= 0.3 is 5.97 Å². The lowest BCUT2D eigenvalue weighted by Gasteiger charge is -2.17. The van der Waals surface area contributed by atoms with Crippen molar-refractivity contribution in [2.75, 3.05) is 27.2 Å². The van der Waals surface area contributed by atoms with E-state index in [-0.39, 0.29) is 17.9 Å². The first kappa shape index (κ1) is 16.5. The van der Waals surface area contributed by atoms with Gasteiger partial charge in [0.05, 0.1) is 11.9 Å². The highest BCUT2D eigenvalue weighted by molar-refractivity contribution is 5.82. The minimum Gasteiger partial charge on any atom is -0.492 e. The second kappa shape index (κ2) is 6.65. The average Bonchev–Trinajstić information content (AvgIpc) is 3.31. The molecule has 128 valence electrons. The monoisotopic (exact) mass is 330 g/mol. The summed E-state index contributed by atoms with van der Waals surface area (Å²) >= 11 is 0. The number of aliphatic carboxylic acids is 1. The maximum atomic E-state index is 12.3. The number of likely N-dealkylation sites (N-methyl/N-ethyl adjacent to an activating group) is 1. The molecule has 1 aliphatic carbocycles. The van der Waals surface area contributed by atoms with E-state index in [1.165, 1.54) is 6.07 Å². The second-order valence-electron chi connectivity index (χ2n) is 6.50. The first-order valence-corrected chi connectivity index (χ1v) is 8.13. The molecule has 0 saturated heterocycles. The van der Waals surface area contributed by atoms with Gasteiger partial charge in [-0.2, -0.15) is 0 Å². The number of fused-ring (bicyclic) bond motifs is 1.